The Hall–Kier alpha value is -2.22. The van der Waals surface area contributed by atoms with E-state index in [1.807, 2.05) is 31.2 Å². The Morgan fingerprint density at radius 3 is 2.77 bits per heavy atom. The molecule has 1 fully saturated rings. The van der Waals surface area contributed by atoms with Crippen molar-refractivity contribution in [1.29, 1.82) is 0 Å². The average Bonchev–Trinajstić information content (AvgIpc) is 3.17. The molecular formula is C22H25ClN4O2S. The number of nitrogens with zero attached hydrogens (tertiary/aromatic N) is 4. The van der Waals surface area contributed by atoms with E-state index in [-0.39, 0.29) is 10.9 Å². The second-order valence-corrected chi connectivity index (χ2v) is 10.2. The van der Waals surface area contributed by atoms with Crippen molar-refractivity contribution in [3.8, 4) is 0 Å². The lowest BCUT2D eigenvalue weighted by molar-refractivity contribution is 0.311. The van der Waals surface area contributed by atoms with Crippen LogP contribution in [-0.2, 0) is 23.5 Å². The molecule has 1 unspecified atom stereocenters. The van der Waals surface area contributed by atoms with Gasteiger partial charge < -0.3 is 4.57 Å². The molecule has 6 nitrogen and oxygen atoms in total. The van der Waals surface area contributed by atoms with Gasteiger partial charge >= 0.3 is 0 Å². The first-order valence-corrected chi connectivity index (χ1v) is 11.8. The Balaban J connectivity index is 1.58. The van der Waals surface area contributed by atoms with E-state index in [0.29, 0.717) is 13.1 Å². The molecule has 1 atom stereocenters. The molecule has 1 aliphatic rings. The fourth-order valence-corrected chi connectivity index (χ4v) is 5.69. The van der Waals surface area contributed by atoms with E-state index in [9.17, 15) is 8.42 Å². The smallest absolute Gasteiger partial charge is 0.262 e. The molecule has 1 aromatic carbocycles. The number of rotatable bonds is 5. The van der Waals surface area contributed by atoms with E-state index in [4.69, 9.17) is 16.6 Å². The van der Waals surface area contributed by atoms with E-state index in [2.05, 4.69) is 17.1 Å². The van der Waals surface area contributed by atoms with E-state index in [1.54, 1.807) is 22.1 Å². The quantitative estimate of drug-likeness (QED) is 0.597. The topological polar surface area (TPSA) is 68.1 Å². The largest absolute Gasteiger partial charge is 0.339 e. The first-order chi connectivity index (χ1) is 14.3. The monoisotopic (exact) mass is 444 g/mol. The number of hydrogen-bond acceptors (Lipinski definition) is 4. The van der Waals surface area contributed by atoms with Gasteiger partial charge in [-0.3, -0.25) is 4.98 Å². The highest BCUT2D eigenvalue weighted by Crippen LogP contribution is 2.30. The Labute approximate surface area is 182 Å². The second-order valence-electron chi connectivity index (χ2n) is 7.89. The van der Waals surface area contributed by atoms with Gasteiger partial charge in [0.1, 0.15) is 0 Å². The van der Waals surface area contributed by atoms with Gasteiger partial charge in [0, 0.05) is 48.7 Å². The number of halogens is 1. The molecule has 0 spiro atoms. The zero-order valence-electron chi connectivity index (χ0n) is 17.1. The van der Waals surface area contributed by atoms with Crippen LogP contribution in [0.3, 0.4) is 0 Å². The SMILES string of the molecule is Cc1cc(Cc2ccccc2Cl)cc(C2CCCN(S(=O)(=O)c3cn(C)cn3)C2)n1. The Bertz CT molecular complexity index is 1160. The molecule has 1 aliphatic heterocycles. The van der Waals surface area contributed by atoms with Crippen molar-refractivity contribution in [1.82, 2.24) is 18.8 Å². The van der Waals surface area contributed by atoms with E-state index in [1.165, 1.54) is 6.33 Å². The summed E-state index contributed by atoms with van der Waals surface area (Å²) in [5, 5.41) is 0.848. The minimum Gasteiger partial charge on any atom is -0.339 e. The maximum atomic E-state index is 13.0. The van der Waals surface area contributed by atoms with E-state index >= 15 is 0 Å². The summed E-state index contributed by atoms with van der Waals surface area (Å²) < 4.78 is 29.2. The molecule has 158 valence electrons. The summed E-state index contributed by atoms with van der Waals surface area (Å²) in [5.74, 6) is 0.0575. The van der Waals surface area contributed by atoms with Crippen LogP contribution in [0.5, 0.6) is 0 Å². The van der Waals surface area contributed by atoms with Crippen LogP contribution in [0.2, 0.25) is 5.02 Å². The zero-order chi connectivity index (χ0) is 21.3. The molecule has 2 aromatic heterocycles. The predicted octanol–water partition coefficient (Wildman–Crippen LogP) is 3.94. The van der Waals surface area contributed by atoms with Crippen LogP contribution in [0, 0.1) is 6.92 Å². The average molecular weight is 445 g/mol. The molecule has 0 saturated carbocycles. The molecule has 30 heavy (non-hydrogen) atoms. The number of hydrogen-bond donors (Lipinski definition) is 0. The summed E-state index contributed by atoms with van der Waals surface area (Å²) >= 11 is 6.34. The third-order valence-electron chi connectivity index (χ3n) is 5.47. The van der Waals surface area contributed by atoms with Gasteiger partial charge in [-0.2, -0.15) is 4.31 Å². The predicted molar refractivity (Wildman–Crippen MR) is 117 cm³/mol. The number of piperidine rings is 1. The number of aryl methyl sites for hydroxylation is 2. The molecule has 3 aromatic rings. The molecule has 4 rings (SSSR count). The first kappa shape index (κ1) is 21.0. The van der Waals surface area contributed by atoms with Crippen LogP contribution in [0.25, 0.3) is 0 Å². The zero-order valence-corrected chi connectivity index (χ0v) is 18.7. The summed E-state index contributed by atoms with van der Waals surface area (Å²) in [7, 11) is -1.83. The van der Waals surface area contributed by atoms with Gasteiger partial charge in [0.15, 0.2) is 5.03 Å². The van der Waals surface area contributed by atoms with Gasteiger partial charge in [-0.25, -0.2) is 13.4 Å². The van der Waals surface area contributed by atoms with Gasteiger partial charge in [-0.1, -0.05) is 29.8 Å². The summed E-state index contributed by atoms with van der Waals surface area (Å²) in [5.41, 5.74) is 4.08. The van der Waals surface area contributed by atoms with Crippen LogP contribution < -0.4 is 0 Å². The fraction of sp³-hybridized carbons (Fsp3) is 0.364. The van der Waals surface area contributed by atoms with Gasteiger partial charge in [0.25, 0.3) is 10.0 Å². The van der Waals surface area contributed by atoms with E-state index < -0.39 is 10.0 Å². The molecule has 0 amide bonds. The fourth-order valence-electron chi connectivity index (χ4n) is 4.00. The lowest BCUT2D eigenvalue weighted by atomic mass is 9.93. The van der Waals surface area contributed by atoms with Crippen molar-refractivity contribution < 1.29 is 8.42 Å². The van der Waals surface area contributed by atoms with Crippen molar-refractivity contribution in [3.05, 3.63) is 76.5 Å². The molecule has 3 heterocycles. The van der Waals surface area contributed by atoms with Crippen molar-refractivity contribution >= 4 is 21.6 Å². The minimum absolute atomic E-state index is 0.0575. The normalized spacial score (nSPS) is 17.9. The summed E-state index contributed by atoms with van der Waals surface area (Å²) in [6.07, 6.45) is 5.49. The molecule has 0 radical (unpaired) electrons. The Morgan fingerprint density at radius 2 is 2.03 bits per heavy atom. The molecule has 0 bridgehead atoms. The van der Waals surface area contributed by atoms with Crippen LogP contribution in [-0.4, -0.2) is 40.3 Å². The van der Waals surface area contributed by atoms with Crippen LogP contribution >= 0.6 is 11.6 Å². The van der Waals surface area contributed by atoms with Crippen LogP contribution in [0.4, 0.5) is 0 Å². The number of imidazole rings is 1. The van der Waals surface area contributed by atoms with Crippen molar-refractivity contribution in [3.63, 3.8) is 0 Å². The van der Waals surface area contributed by atoms with Crippen LogP contribution in [0.1, 0.15) is 41.3 Å². The Morgan fingerprint density at radius 1 is 1.23 bits per heavy atom. The van der Waals surface area contributed by atoms with Crippen molar-refractivity contribution in [2.45, 2.75) is 37.1 Å². The number of sulfonamides is 1. The molecule has 0 aliphatic carbocycles. The second kappa shape index (κ2) is 8.49. The van der Waals surface area contributed by atoms with Crippen molar-refractivity contribution in [2.24, 2.45) is 7.05 Å². The molecular weight excluding hydrogens is 420 g/mol. The minimum atomic E-state index is -3.60. The highest BCUT2D eigenvalue weighted by atomic mass is 35.5. The first-order valence-electron chi connectivity index (χ1n) is 10.0. The summed E-state index contributed by atoms with van der Waals surface area (Å²) in [6, 6.07) is 12.0. The van der Waals surface area contributed by atoms with Gasteiger partial charge in [-0.05, 0) is 55.5 Å². The van der Waals surface area contributed by atoms with Gasteiger partial charge in [0.2, 0.25) is 0 Å². The summed E-state index contributed by atoms with van der Waals surface area (Å²) in [6.45, 7) is 2.90. The molecule has 1 saturated heterocycles. The maximum absolute atomic E-state index is 13.0. The van der Waals surface area contributed by atoms with E-state index in [0.717, 1.165) is 46.8 Å². The standard InChI is InChI=1S/C22H25ClN4O2S/c1-16-10-17(11-18-6-3-4-8-20(18)23)12-21(25-16)19-7-5-9-27(13-19)30(28,29)22-14-26(2)15-24-22/h3-4,6,8,10,12,14-15,19H,5,7,9,11,13H2,1-2H3. The summed E-state index contributed by atoms with van der Waals surface area (Å²) in [4.78, 5) is 8.79. The number of pyridine rings is 1. The number of aromatic nitrogens is 3. The lowest BCUT2D eigenvalue weighted by Gasteiger charge is -2.31. The van der Waals surface area contributed by atoms with Crippen molar-refractivity contribution in [2.75, 3.05) is 13.1 Å². The Kier molecular flexibility index (Phi) is 5.95. The van der Waals surface area contributed by atoms with Crippen LogP contribution in [0.15, 0.2) is 53.9 Å². The molecule has 0 N–H and O–H groups in total. The van der Waals surface area contributed by atoms with Gasteiger partial charge in [-0.15, -0.1) is 0 Å². The molecule has 8 heteroatoms. The highest BCUT2D eigenvalue weighted by Gasteiger charge is 2.33. The lowest BCUT2D eigenvalue weighted by Crippen LogP contribution is -2.39. The maximum Gasteiger partial charge on any atom is 0.262 e. The van der Waals surface area contributed by atoms with Gasteiger partial charge in [0.05, 0.1) is 6.33 Å². The third kappa shape index (κ3) is 4.43. The third-order valence-corrected chi connectivity index (χ3v) is 7.59. The highest BCUT2D eigenvalue weighted by molar-refractivity contribution is 7.89. The number of benzene rings is 1.